The molecule has 0 saturated carbocycles. The number of carbonyl (C=O) groups excluding carboxylic acids is 1. The Balaban J connectivity index is 2.34. The molecule has 2 aromatic carbocycles. The third-order valence-corrected chi connectivity index (χ3v) is 4.00. The average molecular weight is 378 g/mol. The second kappa shape index (κ2) is 5.99. The molecule has 2 aromatic rings. The molecule has 0 aliphatic rings. The molecular weight excluding hydrogens is 370 g/mol. The van der Waals surface area contributed by atoms with Crippen LogP contribution in [0, 0.1) is 5.82 Å². The quantitative estimate of drug-likeness (QED) is 0.743. The van der Waals surface area contributed by atoms with Crippen LogP contribution in [0.2, 0.25) is 10.0 Å². The van der Waals surface area contributed by atoms with E-state index in [1.807, 2.05) is 0 Å². The number of hydrogen-bond donors (Lipinski definition) is 2. The highest BCUT2D eigenvalue weighted by Gasteiger charge is 2.14. The van der Waals surface area contributed by atoms with Gasteiger partial charge in [0.25, 0.3) is 5.91 Å². The Morgan fingerprint density at radius 3 is 2.60 bits per heavy atom. The molecule has 20 heavy (non-hydrogen) atoms. The van der Waals surface area contributed by atoms with Crippen LogP contribution in [0.4, 0.5) is 15.8 Å². The first-order valence-electron chi connectivity index (χ1n) is 5.40. The zero-order valence-corrected chi connectivity index (χ0v) is 13.0. The fraction of sp³-hybridized carbons (Fsp3) is 0. The van der Waals surface area contributed by atoms with Crippen molar-refractivity contribution in [1.29, 1.82) is 0 Å². The highest BCUT2D eigenvalue weighted by Crippen LogP contribution is 2.30. The van der Waals surface area contributed by atoms with Gasteiger partial charge in [-0.25, -0.2) is 4.39 Å². The van der Waals surface area contributed by atoms with Crippen molar-refractivity contribution in [2.75, 3.05) is 11.1 Å². The van der Waals surface area contributed by atoms with E-state index in [1.54, 1.807) is 6.07 Å². The normalized spacial score (nSPS) is 10.4. The molecule has 0 aliphatic carbocycles. The first kappa shape index (κ1) is 15.1. The predicted octanol–water partition coefficient (Wildman–Crippen LogP) is 4.73. The lowest BCUT2D eigenvalue weighted by molar-refractivity contribution is 0.102. The maximum absolute atomic E-state index is 13.6. The van der Waals surface area contributed by atoms with Crippen molar-refractivity contribution < 1.29 is 9.18 Å². The molecule has 104 valence electrons. The summed E-state index contributed by atoms with van der Waals surface area (Å²) in [6.07, 6.45) is 0. The van der Waals surface area contributed by atoms with Crippen LogP contribution in [-0.4, -0.2) is 5.91 Å². The molecule has 0 aromatic heterocycles. The van der Waals surface area contributed by atoms with Gasteiger partial charge in [-0.2, -0.15) is 0 Å². The SMILES string of the molecule is Nc1cc(C(=O)Nc2c(F)cccc2Br)cc(Cl)c1Cl. The number of anilines is 2. The number of hydrogen-bond acceptors (Lipinski definition) is 2. The Morgan fingerprint density at radius 1 is 1.30 bits per heavy atom. The molecule has 0 atom stereocenters. The van der Waals surface area contributed by atoms with Crippen LogP contribution in [0.3, 0.4) is 0 Å². The molecule has 0 spiro atoms. The van der Waals surface area contributed by atoms with Crippen molar-refractivity contribution in [3.8, 4) is 0 Å². The number of para-hydroxylation sites is 1. The van der Waals surface area contributed by atoms with E-state index in [4.69, 9.17) is 28.9 Å². The molecular formula is C13H8BrCl2FN2O. The van der Waals surface area contributed by atoms with Crippen molar-refractivity contribution in [3.05, 3.63) is 56.2 Å². The third kappa shape index (κ3) is 3.06. The highest BCUT2D eigenvalue weighted by atomic mass is 79.9. The van der Waals surface area contributed by atoms with Crippen LogP contribution in [0.1, 0.15) is 10.4 Å². The summed E-state index contributed by atoms with van der Waals surface area (Å²) in [6.45, 7) is 0. The number of amides is 1. The largest absolute Gasteiger partial charge is 0.397 e. The lowest BCUT2D eigenvalue weighted by Crippen LogP contribution is -2.14. The second-order valence-corrected chi connectivity index (χ2v) is 5.55. The standard InChI is InChI=1S/C13H8BrCl2FN2O/c14-7-2-1-3-9(17)12(7)19-13(20)6-4-8(15)11(16)10(18)5-6/h1-5H,18H2,(H,19,20). The number of halogens is 4. The lowest BCUT2D eigenvalue weighted by Gasteiger charge is -2.10. The summed E-state index contributed by atoms with van der Waals surface area (Å²) in [5, 5.41) is 2.78. The number of rotatable bonds is 2. The van der Waals surface area contributed by atoms with E-state index in [2.05, 4.69) is 21.2 Å². The third-order valence-electron chi connectivity index (χ3n) is 2.52. The molecule has 0 heterocycles. The highest BCUT2D eigenvalue weighted by molar-refractivity contribution is 9.10. The number of benzene rings is 2. The minimum absolute atomic E-state index is 0.0437. The van der Waals surface area contributed by atoms with Gasteiger partial charge in [0, 0.05) is 10.0 Å². The van der Waals surface area contributed by atoms with Gasteiger partial charge in [0.2, 0.25) is 0 Å². The maximum atomic E-state index is 13.6. The van der Waals surface area contributed by atoms with Gasteiger partial charge >= 0.3 is 0 Å². The van der Waals surface area contributed by atoms with Crippen molar-refractivity contribution >= 4 is 56.4 Å². The van der Waals surface area contributed by atoms with E-state index in [-0.39, 0.29) is 27.0 Å². The van der Waals surface area contributed by atoms with E-state index < -0.39 is 11.7 Å². The van der Waals surface area contributed by atoms with Gasteiger partial charge in [-0.3, -0.25) is 4.79 Å². The monoisotopic (exact) mass is 376 g/mol. The first-order valence-corrected chi connectivity index (χ1v) is 6.95. The molecule has 1 amide bonds. The van der Waals surface area contributed by atoms with Crippen molar-refractivity contribution in [1.82, 2.24) is 0 Å². The molecule has 3 nitrogen and oxygen atoms in total. The van der Waals surface area contributed by atoms with Crippen LogP contribution in [-0.2, 0) is 0 Å². The molecule has 0 bridgehead atoms. The summed E-state index contributed by atoms with van der Waals surface area (Å²) < 4.78 is 14.1. The van der Waals surface area contributed by atoms with Gasteiger partial charge < -0.3 is 11.1 Å². The minimum Gasteiger partial charge on any atom is -0.397 e. The van der Waals surface area contributed by atoms with Crippen LogP contribution in [0.15, 0.2) is 34.8 Å². The lowest BCUT2D eigenvalue weighted by atomic mass is 10.2. The van der Waals surface area contributed by atoms with Crippen molar-refractivity contribution in [2.24, 2.45) is 0 Å². The number of nitrogens with one attached hydrogen (secondary N) is 1. The average Bonchev–Trinajstić information content (AvgIpc) is 2.39. The fourth-order valence-electron chi connectivity index (χ4n) is 1.54. The zero-order chi connectivity index (χ0) is 14.9. The molecule has 0 fully saturated rings. The van der Waals surface area contributed by atoms with Crippen LogP contribution in [0.5, 0.6) is 0 Å². The molecule has 0 radical (unpaired) electrons. The van der Waals surface area contributed by atoms with E-state index in [0.717, 1.165) is 0 Å². The fourth-order valence-corrected chi connectivity index (χ4v) is 2.32. The van der Waals surface area contributed by atoms with Gasteiger partial charge in [0.1, 0.15) is 5.82 Å². The van der Waals surface area contributed by atoms with E-state index in [1.165, 1.54) is 24.3 Å². The van der Waals surface area contributed by atoms with Gasteiger partial charge in [0.15, 0.2) is 0 Å². The Hall–Kier alpha value is -1.30. The van der Waals surface area contributed by atoms with Crippen LogP contribution < -0.4 is 11.1 Å². The summed E-state index contributed by atoms with van der Waals surface area (Å²) in [4.78, 5) is 12.1. The molecule has 0 aliphatic heterocycles. The number of carbonyl (C=O) groups is 1. The summed E-state index contributed by atoms with van der Waals surface area (Å²) in [7, 11) is 0. The molecule has 7 heteroatoms. The molecule has 3 N–H and O–H groups in total. The van der Waals surface area contributed by atoms with Crippen molar-refractivity contribution in [2.45, 2.75) is 0 Å². The van der Waals surface area contributed by atoms with Gasteiger partial charge in [-0.05, 0) is 40.2 Å². The summed E-state index contributed by atoms with van der Waals surface area (Å²) in [5.74, 6) is -1.10. The topological polar surface area (TPSA) is 55.1 Å². The first-order chi connectivity index (χ1) is 9.40. The second-order valence-electron chi connectivity index (χ2n) is 3.91. The Morgan fingerprint density at radius 2 is 2.00 bits per heavy atom. The maximum Gasteiger partial charge on any atom is 0.255 e. The summed E-state index contributed by atoms with van der Waals surface area (Å²) in [6, 6.07) is 7.11. The van der Waals surface area contributed by atoms with Crippen LogP contribution >= 0.6 is 39.1 Å². The molecule has 2 rings (SSSR count). The zero-order valence-electron chi connectivity index (χ0n) is 9.88. The molecule has 0 saturated heterocycles. The minimum atomic E-state index is -0.555. The van der Waals surface area contributed by atoms with Gasteiger partial charge in [-0.15, -0.1) is 0 Å². The smallest absolute Gasteiger partial charge is 0.255 e. The number of nitrogen functional groups attached to an aromatic ring is 1. The van der Waals surface area contributed by atoms with Crippen molar-refractivity contribution in [3.63, 3.8) is 0 Å². The van der Waals surface area contributed by atoms with E-state index in [0.29, 0.717) is 4.47 Å². The predicted molar refractivity (Wildman–Crippen MR) is 82.9 cm³/mol. The Bertz CT molecular complexity index is 651. The summed E-state index contributed by atoms with van der Waals surface area (Å²) >= 11 is 14.8. The Kier molecular flexibility index (Phi) is 4.52. The Labute approximate surface area is 133 Å². The van der Waals surface area contributed by atoms with E-state index in [9.17, 15) is 9.18 Å². The number of nitrogens with two attached hydrogens (primary N) is 1. The van der Waals surface area contributed by atoms with Gasteiger partial charge in [-0.1, -0.05) is 29.3 Å². The molecule has 0 unspecified atom stereocenters. The van der Waals surface area contributed by atoms with E-state index >= 15 is 0 Å². The summed E-state index contributed by atoms with van der Waals surface area (Å²) in [5.41, 5.74) is 6.04. The van der Waals surface area contributed by atoms with Gasteiger partial charge in [0.05, 0.1) is 21.4 Å². The van der Waals surface area contributed by atoms with Crippen LogP contribution in [0.25, 0.3) is 0 Å².